The van der Waals surface area contributed by atoms with Crippen molar-refractivity contribution in [3.8, 4) is 5.75 Å². The minimum absolute atomic E-state index is 0.335. The van der Waals surface area contributed by atoms with Gasteiger partial charge in [-0.25, -0.2) is 0 Å². The number of phenols is 1. The molecule has 2 N–H and O–H groups in total. The van der Waals surface area contributed by atoms with Crippen LogP contribution in [0.15, 0.2) is 24.3 Å². The minimum Gasteiger partial charge on any atom is -0.508 e. The highest BCUT2D eigenvalue weighted by molar-refractivity contribution is 5.47. The molecule has 1 aromatic carbocycles. The maximum atomic E-state index is 9.42. The smallest absolute Gasteiger partial charge is 0.117 e. The quantitative estimate of drug-likeness (QED) is 0.259. The molecule has 0 spiro atoms. The van der Waals surface area contributed by atoms with Crippen LogP contribution in [0.25, 0.3) is 0 Å². The average Bonchev–Trinajstić information content (AvgIpc) is 2.64. The van der Waals surface area contributed by atoms with Crippen molar-refractivity contribution < 1.29 is 5.11 Å². The Balaban J connectivity index is 1.73. The van der Waals surface area contributed by atoms with E-state index in [1.807, 2.05) is 12.1 Å². The molecule has 2 nitrogen and oxygen atoms in total. The summed E-state index contributed by atoms with van der Waals surface area (Å²) in [4.78, 5) is 0. The van der Waals surface area contributed by atoms with Gasteiger partial charge in [0.05, 0.1) is 0 Å². The molecule has 0 aliphatic heterocycles. The second-order valence-electron chi connectivity index (χ2n) is 7.78. The predicted molar refractivity (Wildman–Crippen MR) is 116 cm³/mol. The van der Waals surface area contributed by atoms with E-state index in [0.29, 0.717) is 5.75 Å². The number of unbranched alkanes of at least 4 members (excludes halogenated alkanes) is 15. The Morgan fingerprint density at radius 2 is 1.12 bits per heavy atom. The summed E-state index contributed by atoms with van der Waals surface area (Å²) in [5.41, 5.74) is 1.02. The summed E-state index contributed by atoms with van der Waals surface area (Å²) in [5, 5.41) is 12.8. The number of rotatable bonds is 18. The van der Waals surface area contributed by atoms with Crippen LogP contribution in [-0.4, -0.2) is 11.7 Å². The third-order valence-electron chi connectivity index (χ3n) is 5.21. The van der Waals surface area contributed by atoms with E-state index in [2.05, 4.69) is 12.2 Å². The van der Waals surface area contributed by atoms with E-state index in [-0.39, 0.29) is 0 Å². The summed E-state index contributed by atoms with van der Waals surface area (Å²) in [6.07, 6.45) is 22.5. The van der Waals surface area contributed by atoms with Crippen LogP contribution in [0.2, 0.25) is 0 Å². The van der Waals surface area contributed by atoms with Crippen molar-refractivity contribution >= 4 is 5.69 Å². The molecule has 0 radical (unpaired) electrons. The summed E-state index contributed by atoms with van der Waals surface area (Å²) in [6.45, 7) is 3.29. The fourth-order valence-electron chi connectivity index (χ4n) is 3.52. The zero-order chi connectivity index (χ0) is 18.7. The van der Waals surface area contributed by atoms with E-state index in [1.165, 1.54) is 103 Å². The highest BCUT2D eigenvalue weighted by Crippen LogP contribution is 2.16. The van der Waals surface area contributed by atoms with Crippen molar-refractivity contribution in [1.29, 1.82) is 0 Å². The Morgan fingerprint density at radius 3 is 1.58 bits per heavy atom. The molecule has 1 rings (SSSR count). The number of nitrogens with one attached hydrogen (secondary N) is 1. The number of anilines is 1. The third kappa shape index (κ3) is 14.0. The lowest BCUT2D eigenvalue weighted by Crippen LogP contribution is -2.00. The van der Waals surface area contributed by atoms with Gasteiger partial charge in [-0.15, -0.1) is 0 Å². The van der Waals surface area contributed by atoms with Crippen molar-refractivity contribution in [2.75, 3.05) is 11.9 Å². The maximum absolute atomic E-state index is 9.42. The largest absolute Gasteiger partial charge is 0.508 e. The van der Waals surface area contributed by atoms with Crippen LogP contribution in [0.4, 0.5) is 5.69 Å². The van der Waals surface area contributed by atoms with Gasteiger partial charge in [-0.05, 0) is 18.6 Å². The second kappa shape index (κ2) is 17.2. The molecule has 0 aromatic heterocycles. The van der Waals surface area contributed by atoms with E-state index in [1.54, 1.807) is 12.1 Å². The van der Waals surface area contributed by atoms with Crippen LogP contribution >= 0.6 is 0 Å². The standard InChI is InChI=1S/C24H43NO/c1-2-3-4-5-6-7-8-9-10-11-12-13-14-15-16-17-21-25-23-19-18-20-24(26)22-23/h18-20,22,25-26H,2-17,21H2,1H3. The van der Waals surface area contributed by atoms with Crippen LogP contribution in [-0.2, 0) is 0 Å². The molecule has 0 saturated heterocycles. The number of hydrogen-bond acceptors (Lipinski definition) is 2. The van der Waals surface area contributed by atoms with Crippen molar-refractivity contribution in [2.45, 2.75) is 110 Å². The summed E-state index contributed by atoms with van der Waals surface area (Å²) < 4.78 is 0. The second-order valence-corrected chi connectivity index (χ2v) is 7.78. The monoisotopic (exact) mass is 361 g/mol. The fraction of sp³-hybridized carbons (Fsp3) is 0.750. The molecule has 2 heteroatoms. The molecular formula is C24H43NO. The topological polar surface area (TPSA) is 32.3 Å². The van der Waals surface area contributed by atoms with Gasteiger partial charge in [0.2, 0.25) is 0 Å². The van der Waals surface area contributed by atoms with Crippen molar-refractivity contribution in [3.63, 3.8) is 0 Å². The van der Waals surface area contributed by atoms with E-state index in [4.69, 9.17) is 0 Å². The maximum Gasteiger partial charge on any atom is 0.117 e. The first-order valence-corrected chi connectivity index (χ1v) is 11.4. The molecule has 0 bridgehead atoms. The Bertz CT molecular complexity index is 418. The minimum atomic E-state index is 0.335. The first-order chi connectivity index (χ1) is 12.8. The summed E-state index contributed by atoms with van der Waals surface area (Å²) in [6, 6.07) is 7.38. The molecule has 0 atom stereocenters. The highest BCUT2D eigenvalue weighted by Gasteiger charge is 1.96. The SMILES string of the molecule is CCCCCCCCCCCCCCCCCCNc1cccc(O)c1. The van der Waals surface area contributed by atoms with Gasteiger partial charge in [-0.2, -0.15) is 0 Å². The zero-order valence-electron chi connectivity index (χ0n) is 17.3. The number of benzene rings is 1. The Hall–Kier alpha value is -1.18. The molecule has 0 aliphatic carbocycles. The normalized spacial score (nSPS) is 11.0. The van der Waals surface area contributed by atoms with Crippen molar-refractivity contribution in [1.82, 2.24) is 0 Å². The molecule has 0 fully saturated rings. The lowest BCUT2D eigenvalue weighted by molar-refractivity contribution is 0.475. The van der Waals surface area contributed by atoms with Crippen LogP contribution < -0.4 is 5.32 Å². The number of aromatic hydroxyl groups is 1. The number of phenolic OH excluding ortho intramolecular Hbond substituents is 1. The van der Waals surface area contributed by atoms with Gasteiger partial charge in [0.1, 0.15) is 5.75 Å². The highest BCUT2D eigenvalue weighted by atomic mass is 16.3. The van der Waals surface area contributed by atoms with Crippen LogP contribution in [0.5, 0.6) is 5.75 Å². The molecule has 0 saturated carbocycles. The zero-order valence-corrected chi connectivity index (χ0v) is 17.3. The molecular weight excluding hydrogens is 318 g/mol. The molecule has 150 valence electrons. The summed E-state index contributed by atoms with van der Waals surface area (Å²) >= 11 is 0. The molecule has 1 aromatic rings. The van der Waals surface area contributed by atoms with Crippen LogP contribution in [0.3, 0.4) is 0 Å². The lowest BCUT2D eigenvalue weighted by atomic mass is 10.0. The average molecular weight is 362 g/mol. The van der Waals surface area contributed by atoms with Gasteiger partial charge in [0.15, 0.2) is 0 Å². The van der Waals surface area contributed by atoms with Gasteiger partial charge in [0, 0.05) is 18.3 Å². The predicted octanol–water partition coefficient (Wildman–Crippen LogP) is 8.07. The Kier molecular flexibility index (Phi) is 15.2. The molecule has 0 amide bonds. The van der Waals surface area contributed by atoms with E-state index in [9.17, 15) is 5.11 Å². The van der Waals surface area contributed by atoms with Gasteiger partial charge in [-0.3, -0.25) is 0 Å². The van der Waals surface area contributed by atoms with Crippen molar-refractivity contribution in [2.24, 2.45) is 0 Å². The lowest BCUT2D eigenvalue weighted by Gasteiger charge is -2.06. The molecule has 26 heavy (non-hydrogen) atoms. The van der Waals surface area contributed by atoms with Gasteiger partial charge >= 0.3 is 0 Å². The van der Waals surface area contributed by atoms with Crippen LogP contribution in [0, 0.1) is 0 Å². The van der Waals surface area contributed by atoms with E-state index >= 15 is 0 Å². The van der Waals surface area contributed by atoms with Gasteiger partial charge in [-0.1, -0.05) is 109 Å². The first kappa shape index (κ1) is 22.9. The molecule has 0 unspecified atom stereocenters. The number of hydrogen-bond donors (Lipinski definition) is 2. The summed E-state index contributed by atoms with van der Waals surface area (Å²) in [5.74, 6) is 0.335. The van der Waals surface area contributed by atoms with Crippen molar-refractivity contribution in [3.05, 3.63) is 24.3 Å². The van der Waals surface area contributed by atoms with Crippen LogP contribution in [0.1, 0.15) is 110 Å². The van der Waals surface area contributed by atoms with Gasteiger partial charge in [0.25, 0.3) is 0 Å². The van der Waals surface area contributed by atoms with E-state index < -0.39 is 0 Å². The Labute approximate surface area is 162 Å². The van der Waals surface area contributed by atoms with E-state index in [0.717, 1.165) is 12.2 Å². The first-order valence-electron chi connectivity index (χ1n) is 11.4. The molecule has 0 aliphatic rings. The fourth-order valence-corrected chi connectivity index (χ4v) is 3.52. The molecule has 0 heterocycles. The Morgan fingerprint density at radius 1 is 0.654 bits per heavy atom. The van der Waals surface area contributed by atoms with Gasteiger partial charge < -0.3 is 10.4 Å². The third-order valence-corrected chi connectivity index (χ3v) is 5.21. The summed E-state index contributed by atoms with van der Waals surface area (Å²) in [7, 11) is 0.